The third-order valence-electron chi connectivity index (χ3n) is 3.37. The predicted octanol–water partition coefficient (Wildman–Crippen LogP) is 3.63. The van der Waals surface area contributed by atoms with Crippen molar-refractivity contribution < 1.29 is 0 Å². The Hall–Kier alpha value is -3.06. The van der Waals surface area contributed by atoms with Crippen molar-refractivity contribution in [2.45, 2.75) is 6.42 Å². The van der Waals surface area contributed by atoms with Crippen LogP contribution < -0.4 is 11.1 Å². The minimum Gasteiger partial charge on any atom is -0.398 e. The highest BCUT2D eigenvalue weighted by molar-refractivity contribution is 5.94. The molecule has 0 aliphatic rings. The molecule has 0 bridgehead atoms. The zero-order valence-corrected chi connectivity index (χ0v) is 11.4. The standard InChI is InChI=1S/C17H14N4/c18-8-6-12-10-14(4-5-16(12)19)21-17-3-1-2-13-11-20-9-7-15(13)17/h1-5,7,9-11,21H,6,19H2. The molecule has 1 aromatic heterocycles. The largest absolute Gasteiger partial charge is 0.398 e. The van der Waals surface area contributed by atoms with E-state index in [1.54, 1.807) is 6.20 Å². The van der Waals surface area contributed by atoms with Crippen LogP contribution in [-0.4, -0.2) is 4.98 Å². The van der Waals surface area contributed by atoms with Gasteiger partial charge in [-0.3, -0.25) is 4.98 Å². The van der Waals surface area contributed by atoms with Crippen LogP contribution in [0.1, 0.15) is 5.56 Å². The summed E-state index contributed by atoms with van der Waals surface area (Å²) in [5, 5.41) is 14.4. The van der Waals surface area contributed by atoms with Gasteiger partial charge in [0.15, 0.2) is 0 Å². The number of anilines is 3. The van der Waals surface area contributed by atoms with Crippen molar-refractivity contribution in [2.24, 2.45) is 0 Å². The number of pyridine rings is 1. The summed E-state index contributed by atoms with van der Waals surface area (Å²) >= 11 is 0. The molecule has 0 radical (unpaired) electrons. The number of rotatable bonds is 3. The van der Waals surface area contributed by atoms with Crippen LogP contribution in [0, 0.1) is 11.3 Å². The number of fused-ring (bicyclic) bond motifs is 1. The molecule has 3 aromatic rings. The summed E-state index contributed by atoms with van der Waals surface area (Å²) < 4.78 is 0. The molecule has 0 unspecified atom stereocenters. The first kappa shape index (κ1) is 12.9. The summed E-state index contributed by atoms with van der Waals surface area (Å²) in [5.41, 5.74) is 9.27. The lowest BCUT2D eigenvalue weighted by Gasteiger charge is -2.11. The van der Waals surface area contributed by atoms with Crippen LogP contribution in [0.4, 0.5) is 17.1 Å². The second-order valence-electron chi connectivity index (χ2n) is 4.78. The molecule has 0 fully saturated rings. The highest BCUT2D eigenvalue weighted by atomic mass is 14.9. The van der Waals surface area contributed by atoms with Crippen LogP contribution in [0.25, 0.3) is 10.8 Å². The Bertz CT molecular complexity index is 828. The van der Waals surface area contributed by atoms with Crippen molar-refractivity contribution >= 4 is 27.8 Å². The summed E-state index contributed by atoms with van der Waals surface area (Å²) in [6.45, 7) is 0. The van der Waals surface area contributed by atoms with Gasteiger partial charge in [-0.1, -0.05) is 12.1 Å². The van der Waals surface area contributed by atoms with Gasteiger partial charge in [-0.05, 0) is 35.9 Å². The third kappa shape index (κ3) is 2.63. The SMILES string of the molecule is N#CCc1cc(Nc2cccc3cnccc23)ccc1N. The van der Waals surface area contributed by atoms with Crippen molar-refractivity contribution in [1.29, 1.82) is 5.26 Å². The summed E-state index contributed by atoms with van der Waals surface area (Å²) in [7, 11) is 0. The Kier molecular flexibility index (Phi) is 3.40. The molecule has 0 spiro atoms. The second kappa shape index (κ2) is 5.51. The lowest BCUT2D eigenvalue weighted by Crippen LogP contribution is -1.97. The first-order chi connectivity index (χ1) is 10.3. The molecular formula is C17H14N4. The smallest absolute Gasteiger partial charge is 0.0670 e. The van der Waals surface area contributed by atoms with Gasteiger partial charge in [-0.15, -0.1) is 0 Å². The third-order valence-corrected chi connectivity index (χ3v) is 3.37. The summed E-state index contributed by atoms with van der Waals surface area (Å²) in [6.07, 6.45) is 3.92. The van der Waals surface area contributed by atoms with Gasteiger partial charge in [0.05, 0.1) is 12.5 Å². The fraction of sp³-hybridized carbons (Fsp3) is 0.0588. The van der Waals surface area contributed by atoms with E-state index in [4.69, 9.17) is 11.0 Å². The van der Waals surface area contributed by atoms with Crippen molar-refractivity contribution in [3.8, 4) is 6.07 Å². The molecule has 102 valence electrons. The van der Waals surface area contributed by atoms with Gasteiger partial charge in [-0.2, -0.15) is 5.26 Å². The van der Waals surface area contributed by atoms with E-state index in [1.165, 1.54) is 0 Å². The maximum atomic E-state index is 8.83. The number of nitrogens with one attached hydrogen (secondary N) is 1. The van der Waals surface area contributed by atoms with Gasteiger partial charge in [0.1, 0.15) is 0 Å². The maximum Gasteiger partial charge on any atom is 0.0670 e. The van der Waals surface area contributed by atoms with Gasteiger partial charge in [0.2, 0.25) is 0 Å². The van der Waals surface area contributed by atoms with Crippen LogP contribution in [-0.2, 0) is 6.42 Å². The van der Waals surface area contributed by atoms with Crippen molar-refractivity contribution in [2.75, 3.05) is 11.1 Å². The highest BCUT2D eigenvalue weighted by Crippen LogP contribution is 2.27. The van der Waals surface area contributed by atoms with E-state index in [0.717, 1.165) is 27.7 Å². The molecule has 0 amide bonds. The fourth-order valence-corrected chi connectivity index (χ4v) is 2.31. The monoisotopic (exact) mass is 274 g/mol. The maximum absolute atomic E-state index is 8.83. The van der Waals surface area contributed by atoms with Gasteiger partial charge in [0.25, 0.3) is 0 Å². The molecule has 21 heavy (non-hydrogen) atoms. The minimum absolute atomic E-state index is 0.306. The number of hydrogen-bond acceptors (Lipinski definition) is 4. The number of hydrogen-bond donors (Lipinski definition) is 2. The normalized spacial score (nSPS) is 10.2. The molecule has 0 atom stereocenters. The van der Waals surface area contributed by atoms with E-state index >= 15 is 0 Å². The summed E-state index contributed by atoms with van der Waals surface area (Å²) in [4.78, 5) is 4.13. The Labute approximate surface area is 122 Å². The molecule has 0 saturated carbocycles. The van der Waals surface area contributed by atoms with E-state index in [0.29, 0.717) is 12.1 Å². The van der Waals surface area contributed by atoms with Crippen molar-refractivity contribution in [3.05, 3.63) is 60.4 Å². The zero-order chi connectivity index (χ0) is 14.7. The average molecular weight is 274 g/mol. The Balaban J connectivity index is 1.99. The van der Waals surface area contributed by atoms with Gasteiger partial charge in [-0.25, -0.2) is 0 Å². The van der Waals surface area contributed by atoms with Crippen LogP contribution in [0.2, 0.25) is 0 Å². The van der Waals surface area contributed by atoms with Crippen LogP contribution >= 0.6 is 0 Å². The van der Waals surface area contributed by atoms with Crippen molar-refractivity contribution in [3.63, 3.8) is 0 Å². The second-order valence-corrected chi connectivity index (χ2v) is 4.78. The number of nitrogen functional groups attached to an aromatic ring is 1. The molecule has 3 N–H and O–H groups in total. The van der Waals surface area contributed by atoms with E-state index in [-0.39, 0.29) is 0 Å². The van der Waals surface area contributed by atoms with E-state index in [1.807, 2.05) is 48.7 Å². The molecule has 0 saturated heterocycles. The molecule has 0 aliphatic carbocycles. The minimum atomic E-state index is 0.306. The Morgan fingerprint density at radius 3 is 2.95 bits per heavy atom. The van der Waals surface area contributed by atoms with Crippen molar-refractivity contribution in [1.82, 2.24) is 4.98 Å². The molecular weight excluding hydrogens is 260 g/mol. The topological polar surface area (TPSA) is 74.7 Å². The highest BCUT2D eigenvalue weighted by Gasteiger charge is 2.04. The van der Waals surface area contributed by atoms with E-state index < -0.39 is 0 Å². The number of benzene rings is 2. The van der Waals surface area contributed by atoms with Gasteiger partial charge in [0, 0.05) is 40.2 Å². The summed E-state index contributed by atoms with van der Waals surface area (Å²) in [6, 6.07) is 15.8. The number of aromatic nitrogens is 1. The zero-order valence-electron chi connectivity index (χ0n) is 11.4. The molecule has 4 nitrogen and oxygen atoms in total. The summed E-state index contributed by atoms with van der Waals surface area (Å²) in [5.74, 6) is 0. The lowest BCUT2D eigenvalue weighted by molar-refractivity contribution is 1.27. The molecule has 0 aliphatic heterocycles. The first-order valence-electron chi connectivity index (χ1n) is 6.63. The molecule has 2 aromatic carbocycles. The first-order valence-corrected chi connectivity index (χ1v) is 6.63. The van der Waals surface area contributed by atoms with Gasteiger partial charge < -0.3 is 11.1 Å². The van der Waals surface area contributed by atoms with E-state index in [9.17, 15) is 0 Å². The predicted molar refractivity (Wildman–Crippen MR) is 85.2 cm³/mol. The number of nitrogens with two attached hydrogens (primary N) is 1. The number of nitrogens with zero attached hydrogens (tertiary/aromatic N) is 2. The molecule has 3 rings (SSSR count). The lowest BCUT2D eigenvalue weighted by atomic mass is 10.1. The Morgan fingerprint density at radius 2 is 2.10 bits per heavy atom. The van der Waals surface area contributed by atoms with Gasteiger partial charge >= 0.3 is 0 Å². The molecule has 1 heterocycles. The quantitative estimate of drug-likeness (QED) is 0.715. The van der Waals surface area contributed by atoms with Crippen LogP contribution in [0.5, 0.6) is 0 Å². The van der Waals surface area contributed by atoms with E-state index in [2.05, 4.69) is 16.4 Å². The molecule has 4 heteroatoms. The number of nitriles is 1. The Morgan fingerprint density at radius 1 is 1.19 bits per heavy atom. The average Bonchev–Trinajstić information content (AvgIpc) is 2.51. The fourth-order valence-electron chi connectivity index (χ4n) is 2.31. The van der Waals surface area contributed by atoms with Crippen LogP contribution in [0.3, 0.4) is 0 Å². The van der Waals surface area contributed by atoms with Crippen LogP contribution in [0.15, 0.2) is 54.9 Å².